The van der Waals surface area contributed by atoms with Crippen molar-refractivity contribution in [2.24, 2.45) is 50.2 Å². The molecule has 7 fully saturated rings. The van der Waals surface area contributed by atoms with Gasteiger partial charge >= 0.3 is 5.97 Å². The first-order valence-electron chi connectivity index (χ1n) is 23.3. The third kappa shape index (κ3) is 6.92. The van der Waals surface area contributed by atoms with Gasteiger partial charge in [0.05, 0.1) is 37.9 Å². The Labute approximate surface area is 361 Å². The van der Waals surface area contributed by atoms with Gasteiger partial charge < -0.3 is 59.2 Å². The molecule has 3 aliphatic heterocycles. The average molecular weight is 862 g/mol. The minimum Gasteiger partial charge on any atom is -0.467 e. The number of esters is 1. The molecule has 8 aliphatic rings. The van der Waals surface area contributed by atoms with Crippen molar-refractivity contribution in [1.82, 2.24) is 4.90 Å². The number of fused-ring (bicyclic) bond motifs is 7. The smallest absolute Gasteiger partial charge is 0.328 e. The fraction of sp³-hybridized carbons (Fsp3) is 0.915. The van der Waals surface area contributed by atoms with Crippen molar-refractivity contribution in [3.8, 4) is 0 Å². The first-order chi connectivity index (χ1) is 28.6. The Morgan fingerprint density at radius 1 is 0.836 bits per heavy atom. The number of rotatable bonds is 7. The van der Waals surface area contributed by atoms with Gasteiger partial charge in [-0.2, -0.15) is 0 Å². The first kappa shape index (κ1) is 45.8. The monoisotopic (exact) mass is 862 g/mol. The molecule has 0 aromatic carbocycles. The summed E-state index contributed by atoms with van der Waals surface area (Å²) in [6.45, 7) is 15.9. The molecule has 61 heavy (non-hydrogen) atoms. The van der Waals surface area contributed by atoms with Gasteiger partial charge in [-0.05, 0) is 123 Å². The molecule has 0 radical (unpaired) electrons. The maximum atomic E-state index is 15.0. The van der Waals surface area contributed by atoms with Crippen LogP contribution in [0.4, 0.5) is 0 Å². The summed E-state index contributed by atoms with van der Waals surface area (Å²) in [7, 11) is 1.41. The first-order valence-corrected chi connectivity index (χ1v) is 23.3. The number of allylic oxidation sites excluding steroid dienone is 2. The Morgan fingerprint density at radius 3 is 2.26 bits per heavy atom. The van der Waals surface area contributed by atoms with E-state index in [1.165, 1.54) is 19.6 Å². The minimum atomic E-state index is -1.63. The van der Waals surface area contributed by atoms with Crippen LogP contribution in [0.1, 0.15) is 126 Å². The van der Waals surface area contributed by atoms with E-state index < -0.39 is 78.3 Å². The van der Waals surface area contributed by atoms with Crippen LogP contribution >= 0.6 is 0 Å². The lowest BCUT2D eigenvalue weighted by molar-refractivity contribution is -0.365. The zero-order valence-corrected chi connectivity index (χ0v) is 37.8. The van der Waals surface area contributed by atoms with E-state index in [0.29, 0.717) is 25.3 Å². The number of carbonyl (C=O) groups is 2. The summed E-state index contributed by atoms with van der Waals surface area (Å²) < 4.78 is 29.7. The molecule has 19 atom stereocenters. The van der Waals surface area contributed by atoms with Crippen LogP contribution in [0.15, 0.2) is 11.6 Å². The quantitative estimate of drug-likeness (QED) is 0.123. The molecule has 5 aliphatic carbocycles. The molecule has 4 saturated carbocycles. The Morgan fingerprint density at radius 2 is 1.56 bits per heavy atom. The molecule has 0 unspecified atom stereocenters. The van der Waals surface area contributed by atoms with Gasteiger partial charge in [-0.25, -0.2) is 4.79 Å². The van der Waals surface area contributed by atoms with Crippen LogP contribution in [0, 0.1) is 50.2 Å². The number of carbonyl (C=O) groups excluding carboxylic acids is 2. The van der Waals surface area contributed by atoms with Crippen LogP contribution in [0.5, 0.6) is 0 Å². The van der Waals surface area contributed by atoms with Gasteiger partial charge in [-0.3, -0.25) is 4.79 Å². The normalized spacial score (nSPS) is 51.9. The maximum absolute atomic E-state index is 15.0. The number of nitrogens with zero attached hydrogens (tertiary/aromatic N) is 1. The summed E-state index contributed by atoms with van der Waals surface area (Å²) in [5, 5.41) is 64.7. The van der Waals surface area contributed by atoms with Crippen LogP contribution in [0.2, 0.25) is 0 Å². The molecule has 0 aromatic rings. The largest absolute Gasteiger partial charge is 0.467 e. The lowest BCUT2D eigenvalue weighted by Gasteiger charge is -2.71. The maximum Gasteiger partial charge on any atom is 0.328 e. The topological polar surface area (TPSA) is 205 Å². The predicted molar refractivity (Wildman–Crippen MR) is 221 cm³/mol. The van der Waals surface area contributed by atoms with Gasteiger partial charge in [0.25, 0.3) is 0 Å². The Kier molecular flexibility index (Phi) is 12.0. The van der Waals surface area contributed by atoms with Crippen molar-refractivity contribution >= 4 is 11.9 Å². The standard InChI is InChI=1S/C47H75NO13/c1-25-33(51)35(53)36(54)39(59-25)61-37-34(52)29(50)23-58-40(37)60-32-14-15-43(4)30(44(32,5)24-49)13-16-46(7)31(43)12-11-26-27-22-42(2,3)17-19-47(27,20-18-45(26,46)6)41(56)48-21-9-10-28(48)38(55)57-8/h11,25,27-37,39-40,49-54H,9-10,12-24H2,1-8H3/t25-,27-,28+,29-,30+,31+,32-,33-,34-,35+,36+,37+,39-,40-,43-,44-,45+,46+,47-/m0/s1. The van der Waals surface area contributed by atoms with Crippen LogP contribution in [-0.2, 0) is 33.3 Å². The van der Waals surface area contributed by atoms with E-state index in [1.807, 2.05) is 4.90 Å². The molecule has 346 valence electrons. The fourth-order valence-corrected chi connectivity index (χ4v) is 15.0. The third-order valence-corrected chi connectivity index (χ3v) is 19.0. The highest BCUT2D eigenvalue weighted by Crippen LogP contribution is 2.76. The van der Waals surface area contributed by atoms with E-state index in [1.54, 1.807) is 0 Å². The van der Waals surface area contributed by atoms with Crippen molar-refractivity contribution in [2.45, 2.75) is 193 Å². The van der Waals surface area contributed by atoms with Crippen molar-refractivity contribution < 1.29 is 63.9 Å². The molecule has 1 amide bonds. The van der Waals surface area contributed by atoms with Crippen LogP contribution < -0.4 is 0 Å². The molecule has 14 nitrogen and oxygen atoms in total. The molecular weight excluding hydrogens is 787 g/mol. The highest BCUT2D eigenvalue weighted by atomic mass is 16.8. The van der Waals surface area contributed by atoms with Gasteiger partial charge in [0.1, 0.15) is 42.7 Å². The van der Waals surface area contributed by atoms with Crippen LogP contribution in [0.25, 0.3) is 0 Å². The third-order valence-electron chi connectivity index (χ3n) is 19.0. The van der Waals surface area contributed by atoms with Gasteiger partial charge in [0.2, 0.25) is 5.91 Å². The number of ether oxygens (including phenoxy) is 5. The molecule has 6 N–H and O–H groups in total. The number of amides is 1. The van der Waals surface area contributed by atoms with E-state index in [-0.39, 0.29) is 58.6 Å². The van der Waals surface area contributed by atoms with E-state index >= 15 is 4.79 Å². The van der Waals surface area contributed by atoms with Gasteiger partial charge in [0.15, 0.2) is 12.6 Å². The van der Waals surface area contributed by atoms with E-state index in [2.05, 4.69) is 47.6 Å². The molecule has 0 spiro atoms. The zero-order valence-electron chi connectivity index (χ0n) is 37.8. The molecule has 0 aromatic heterocycles. The lowest BCUT2D eigenvalue weighted by atomic mass is 9.33. The van der Waals surface area contributed by atoms with Crippen molar-refractivity contribution in [3.05, 3.63) is 11.6 Å². The van der Waals surface area contributed by atoms with Gasteiger partial charge in [-0.1, -0.05) is 53.2 Å². The van der Waals surface area contributed by atoms with Gasteiger partial charge in [0, 0.05) is 12.0 Å². The summed E-state index contributed by atoms with van der Waals surface area (Å²) in [4.78, 5) is 29.8. The molecule has 14 heteroatoms. The second-order valence-electron chi connectivity index (χ2n) is 22.4. The molecule has 3 heterocycles. The predicted octanol–water partition coefficient (Wildman–Crippen LogP) is 3.60. The van der Waals surface area contributed by atoms with Crippen molar-refractivity contribution in [1.29, 1.82) is 0 Å². The molecular formula is C47H75NO13. The van der Waals surface area contributed by atoms with Crippen molar-refractivity contribution in [3.63, 3.8) is 0 Å². The summed E-state index contributed by atoms with van der Waals surface area (Å²) in [6, 6.07) is -0.514. The Hall–Kier alpha value is -1.72. The van der Waals surface area contributed by atoms with E-state index in [4.69, 9.17) is 23.7 Å². The van der Waals surface area contributed by atoms with E-state index in [0.717, 1.165) is 64.2 Å². The fourth-order valence-electron chi connectivity index (χ4n) is 15.0. The van der Waals surface area contributed by atoms with Crippen molar-refractivity contribution in [2.75, 3.05) is 26.9 Å². The number of hydrogen-bond acceptors (Lipinski definition) is 13. The highest BCUT2D eigenvalue weighted by molar-refractivity contribution is 5.89. The minimum absolute atomic E-state index is 0.0723. The van der Waals surface area contributed by atoms with E-state index in [9.17, 15) is 35.4 Å². The second-order valence-corrected chi connectivity index (χ2v) is 22.4. The number of likely N-dealkylation sites (tertiary alicyclic amines) is 1. The summed E-state index contributed by atoms with van der Waals surface area (Å²) in [6.07, 6.45) is -0.0834. The number of aliphatic hydroxyl groups excluding tert-OH is 6. The summed E-state index contributed by atoms with van der Waals surface area (Å²) in [5.74, 6) is 0.295. The average Bonchev–Trinajstić information content (AvgIpc) is 3.72. The Bertz CT molecular complexity index is 1710. The summed E-state index contributed by atoms with van der Waals surface area (Å²) >= 11 is 0. The van der Waals surface area contributed by atoms with Crippen LogP contribution in [-0.4, -0.2) is 142 Å². The molecule has 8 rings (SSSR count). The summed E-state index contributed by atoms with van der Waals surface area (Å²) in [5.41, 5.74) is -0.119. The SMILES string of the molecule is COC(=O)[C@H]1CCCN1C(=O)[C@]12CCC(C)(C)C[C@H]1C1=CC[C@@H]3[C@@]4(C)CC[C@H](O[C@@H]5OC[C@H](O)[C@H](O)[C@H]5O[C@@H]5O[C@@H](C)[C@H](O)[C@@H](O)[C@H]5O)[C@@](C)(CO)[C@@H]4CC[C@@]3(C)[C@]1(C)CC2. The number of hydrogen-bond donors (Lipinski definition) is 6. The zero-order chi connectivity index (χ0) is 44.2. The Balaban J connectivity index is 1.06. The molecule has 0 bridgehead atoms. The lowest BCUT2D eigenvalue weighted by Crippen LogP contribution is -2.67. The van der Waals surface area contributed by atoms with Gasteiger partial charge in [-0.15, -0.1) is 0 Å². The number of aliphatic hydroxyl groups is 6. The van der Waals surface area contributed by atoms with Crippen LogP contribution in [0.3, 0.4) is 0 Å². The molecule has 3 saturated heterocycles. The highest BCUT2D eigenvalue weighted by Gasteiger charge is 2.70. The number of methoxy groups -OCH3 is 1. The second kappa shape index (κ2) is 16.0.